The van der Waals surface area contributed by atoms with Crippen molar-refractivity contribution in [2.75, 3.05) is 7.11 Å². The summed E-state index contributed by atoms with van der Waals surface area (Å²) >= 11 is -2.48. The fraction of sp³-hybridized carbons (Fsp3) is 0.250. The first-order chi connectivity index (χ1) is 6.24. The fourth-order valence-corrected chi connectivity index (χ4v) is 1.16. The van der Waals surface area contributed by atoms with Crippen molar-refractivity contribution >= 4 is 11.4 Å². The molecule has 1 aromatic carbocycles. The minimum atomic E-state index is -2.48. The van der Waals surface area contributed by atoms with Crippen LogP contribution >= 0.6 is 0 Å². The molecule has 1 unspecified atom stereocenters. The van der Waals surface area contributed by atoms with Gasteiger partial charge in [0.1, 0.15) is 5.75 Å². The number of benzene rings is 1. The monoisotopic (exact) mass is 201 g/mol. The quantitative estimate of drug-likeness (QED) is 0.682. The van der Waals surface area contributed by atoms with Crippen molar-refractivity contribution in [3.63, 3.8) is 0 Å². The Kier molecular flexibility index (Phi) is 3.88. The van der Waals surface area contributed by atoms with Gasteiger partial charge in [-0.3, -0.25) is 4.18 Å². The van der Waals surface area contributed by atoms with E-state index in [1.54, 1.807) is 24.3 Å². The van der Waals surface area contributed by atoms with Crippen molar-refractivity contribution in [2.24, 2.45) is 0 Å². The molecule has 0 saturated carbocycles. The standard InChI is InChI=1S/C8H10O4S/c1-11-8-5-3-2-4-7(8)6-12-13(9)10/h2-5H,6H2,1H3,(H,9,10)/p-1. The van der Waals surface area contributed by atoms with Gasteiger partial charge in [-0.05, 0) is 6.07 Å². The second-order valence-electron chi connectivity index (χ2n) is 2.28. The van der Waals surface area contributed by atoms with E-state index in [-0.39, 0.29) is 6.61 Å². The van der Waals surface area contributed by atoms with Crippen LogP contribution < -0.4 is 4.74 Å². The Morgan fingerprint density at radius 1 is 1.46 bits per heavy atom. The van der Waals surface area contributed by atoms with Gasteiger partial charge in [0.15, 0.2) is 0 Å². The second kappa shape index (κ2) is 4.96. The smallest absolute Gasteiger partial charge is 0.124 e. The number of hydrogen-bond acceptors (Lipinski definition) is 4. The lowest BCUT2D eigenvalue weighted by atomic mass is 10.2. The molecule has 0 aliphatic rings. The second-order valence-corrected chi connectivity index (χ2v) is 2.92. The van der Waals surface area contributed by atoms with Crippen molar-refractivity contribution < 1.29 is 17.7 Å². The molecule has 4 nitrogen and oxygen atoms in total. The largest absolute Gasteiger partial charge is 0.750 e. The zero-order chi connectivity index (χ0) is 9.68. The number of methoxy groups -OCH3 is 1. The topological polar surface area (TPSA) is 58.6 Å². The normalized spacial score (nSPS) is 12.5. The van der Waals surface area contributed by atoms with Crippen LogP contribution in [0.2, 0.25) is 0 Å². The average molecular weight is 201 g/mol. The summed E-state index contributed by atoms with van der Waals surface area (Å²) in [4.78, 5) is 0. The first-order valence-corrected chi connectivity index (χ1v) is 4.58. The molecular weight excluding hydrogens is 192 g/mol. The predicted octanol–water partition coefficient (Wildman–Crippen LogP) is 1.01. The third kappa shape index (κ3) is 3.14. The Morgan fingerprint density at radius 2 is 2.15 bits per heavy atom. The van der Waals surface area contributed by atoms with Crippen molar-refractivity contribution in [2.45, 2.75) is 6.61 Å². The van der Waals surface area contributed by atoms with Crippen LogP contribution in [0.1, 0.15) is 5.56 Å². The zero-order valence-corrected chi connectivity index (χ0v) is 7.87. The summed E-state index contributed by atoms with van der Waals surface area (Å²) in [6.45, 7) is 0.000123. The maximum Gasteiger partial charge on any atom is 0.124 e. The lowest BCUT2D eigenvalue weighted by molar-refractivity contribution is 0.284. The molecule has 13 heavy (non-hydrogen) atoms. The molecule has 0 heterocycles. The van der Waals surface area contributed by atoms with Crippen molar-refractivity contribution in [3.8, 4) is 5.75 Å². The molecule has 0 aliphatic carbocycles. The molecule has 0 spiro atoms. The number of ether oxygens (including phenoxy) is 1. The number of para-hydroxylation sites is 1. The van der Waals surface area contributed by atoms with Crippen LogP contribution in [0.25, 0.3) is 0 Å². The number of rotatable bonds is 4. The molecule has 0 aromatic heterocycles. The highest BCUT2D eigenvalue weighted by molar-refractivity contribution is 7.74. The molecule has 1 aromatic rings. The highest BCUT2D eigenvalue weighted by Gasteiger charge is 2.00. The van der Waals surface area contributed by atoms with E-state index in [1.807, 2.05) is 0 Å². The maximum atomic E-state index is 10.1. The molecule has 1 atom stereocenters. The molecule has 0 saturated heterocycles. The third-order valence-corrected chi connectivity index (χ3v) is 1.81. The summed E-state index contributed by atoms with van der Waals surface area (Å²) in [6, 6.07) is 7.07. The summed E-state index contributed by atoms with van der Waals surface area (Å²) in [5.41, 5.74) is 0.703. The van der Waals surface area contributed by atoms with Crippen molar-refractivity contribution in [1.82, 2.24) is 0 Å². The Hall–Kier alpha value is -0.910. The molecule has 0 N–H and O–H groups in total. The van der Waals surface area contributed by atoms with Crippen LogP contribution in [-0.2, 0) is 22.2 Å². The first kappa shape index (κ1) is 10.2. The first-order valence-electron chi connectivity index (χ1n) is 3.58. The van der Waals surface area contributed by atoms with E-state index in [1.165, 1.54) is 7.11 Å². The minimum Gasteiger partial charge on any atom is -0.750 e. The highest BCUT2D eigenvalue weighted by Crippen LogP contribution is 2.17. The molecule has 0 aliphatic heterocycles. The Balaban J connectivity index is 2.69. The van der Waals surface area contributed by atoms with Gasteiger partial charge in [-0.2, -0.15) is 0 Å². The highest BCUT2D eigenvalue weighted by atomic mass is 32.2. The molecule has 0 amide bonds. The molecule has 0 bridgehead atoms. The fourth-order valence-electron chi connectivity index (χ4n) is 0.934. The lowest BCUT2D eigenvalue weighted by Gasteiger charge is -2.09. The Morgan fingerprint density at radius 3 is 2.77 bits per heavy atom. The van der Waals surface area contributed by atoms with Gasteiger partial charge in [-0.25, -0.2) is 4.21 Å². The molecule has 72 valence electrons. The van der Waals surface area contributed by atoms with E-state index in [4.69, 9.17) is 4.74 Å². The Bertz CT molecular complexity index is 300. The van der Waals surface area contributed by atoms with Gasteiger partial charge in [-0.15, -0.1) is 0 Å². The molecule has 5 heteroatoms. The summed E-state index contributed by atoms with van der Waals surface area (Å²) < 4.78 is 29.6. The zero-order valence-electron chi connectivity index (χ0n) is 7.06. The summed E-state index contributed by atoms with van der Waals surface area (Å²) in [6.07, 6.45) is 0. The van der Waals surface area contributed by atoms with Gasteiger partial charge >= 0.3 is 0 Å². The summed E-state index contributed by atoms with van der Waals surface area (Å²) in [5.74, 6) is 0.618. The molecular formula is C8H9O4S-. The average Bonchev–Trinajstić information content (AvgIpc) is 2.15. The van der Waals surface area contributed by atoms with Crippen LogP contribution in [0, 0.1) is 0 Å². The van der Waals surface area contributed by atoms with Gasteiger partial charge in [0.2, 0.25) is 0 Å². The van der Waals surface area contributed by atoms with Crippen LogP contribution in [-0.4, -0.2) is 15.9 Å². The van der Waals surface area contributed by atoms with E-state index in [9.17, 15) is 8.76 Å². The molecule has 0 fully saturated rings. The van der Waals surface area contributed by atoms with Crippen molar-refractivity contribution in [3.05, 3.63) is 29.8 Å². The predicted molar refractivity (Wildman–Crippen MR) is 46.7 cm³/mol. The van der Waals surface area contributed by atoms with E-state index in [2.05, 4.69) is 4.18 Å². The SMILES string of the molecule is COc1ccccc1COS(=O)[O-]. The van der Waals surface area contributed by atoms with E-state index in [0.717, 1.165) is 0 Å². The summed E-state index contributed by atoms with van der Waals surface area (Å²) in [5, 5.41) is 0. The van der Waals surface area contributed by atoms with Gasteiger partial charge in [0.25, 0.3) is 0 Å². The van der Waals surface area contributed by atoms with Crippen LogP contribution in [0.4, 0.5) is 0 Å². The van der Waals surface area contributed by atoms with Gasteiger partial charge in [-0.1, -0.05) is 18.2 Å². The number of hydrogen-bond donors (Lipinski definition) is 0. The lowest BCUT2D eigenvalue weighted by Crippen LogP contribution is -1.98. The van der Waals surface area contributed by atoms with E-state index < -0.39 is 11.4 Å². The van der Waals surface area contributed by atoms with Gasteiger partial charge < -0.3 is 9.29 Å². The van der Waals surface area contributed by atoms with E-state index >= 15 is 0 Å². The van der Waals surface area contributed by atoms with Crippen LogP contribution in [0.15, 0.2) is 24.3 Å². The molecule has 0 radical (unpaired) electrons. The van der Waals surface area contributed by atoms with Crippen molar-refractivity contribution in [1.29, 1.82) is 0 Å². The van der Waals surface area contributed by atoms with E-state index in [0.29, 0.717) is 11.3 Å². The summed E-state index contributed by atoms with van der Waals surface area (Å²) in [7, 11) is 1.52. The van der Waals surface area contributed by atoms with Crippen LogP contribution in [0.5, 0.6) is 5.75 Å². The maximum absolute atomic E-state index is 10.1. The third-order valence-electron chi connectivity index (χ3n) is 1.50. The molecule has 1 rings (SSSR count). The Labute approximate surface area is 79.0 Å². The van der Waals surface area contributed by atoms with Crippen LogP contribution in [0.3, 0.4) is 0 Å². The van der Waals surface area contributed by atoms with Gasteiger partial charge in [0.05, 0.1) is 25.1 Å². The van der Waals surface area contributed by atoms with Gasteiger partial charge in [0, 0.05) is 5.56 Å². The minimum absolute atomic E-state index is 0.000123.